The molecule has 0 heterocycles. The summed E-state index contributed by atoms with van der Waals surface area (Å²) in [5.74, 6) is -0.653. The van der Waals surface area contributed by atoms with E-state index in [0.717, 1.165) is 0 Å². The summed E-state index contributed by atoms with van der Waals surface area (Å²) in [6, 6.07) is 3.89. The van der Waals surface area contributed by atoms with Crippen LogP contribution in [-0.2, 0) is 10.5 Å². The van der Waals surface area contributed by atoms with Gasteiger partial charge in [-0.25, -0.2) is 4.39 Å². The third-order valence-corrected chi connectivity index (χ3v) is 3.49. The van der Waals surface area contributed by atoms with E-state index in [4.69, 9.17) is 10.8 Å². The molecule has 1 atom stereocenters. The number of hydrogen-bond donors (Lipinski definition) is 2. The van der Waals surface area contributed by atoms with Gasteiger partial charge in [0.2, 0.25) is 0 Å². The van der Waals surface area contributed by atoms with E-state index in [1.807, 2.05) is 0 Å². The summed E-state index contributed by atoms with van der Waals surface area (Å²) < 4.78 is 14.0. The molecular weight excluding hydrogens is 297 g/mol. The zero-order chi connectivity index (χ0) is 12.1. The number of carbonyl (C=O) groups is 1. The van der Waals surface area contributed by atoms with Gasteiger partial charge in [-0.15, -0.1) is 0 Å². The number of aliphatic carboxylic acids is 1. The van der Waals surface area contributed by atoms with Crippen LogP contribution in [0, 0.1) is 5.82 Å². The number of hydrogen-bond acceptors (Lipinski definition) is 3. The van der Waals surface area contributed by atoms with Crippen molar-refractivity contribution in [3.05, 3.63) is 34.1 Å². The van der Waals surface area contributed by atoms with Gasteiger partial charge in [0.25, 0.3) is 0 Å². The fourth-order valence-electron chi connectivity index (χ4n) is 1.01. The van der Waals surface area contributed by atoms with Crippen molar-refractivity contribution in [1.29, 1.82) is 0 Å². The summed E-state index contributed by atoms with van der Waals surface area (Å²) in [6.07, 6.45) is 0. The Kier molecular flexibility index (Phi) is 5.24. The molecule has 0 aliphatic heterocycles. The number of nitrogens with two attached hydrogens (primary N) is 1. The lowest BCUT2D eigenvalue weighted by Gasteiger charge is -2.06. The first-order chi connectivity index (χ1) is 7.50. The summed E-state index contributed by atoms with van der Waals surface area (Å²) in [5, 5.41) is 8.55. The van der Waals surface area contributed by atoms with Crippen molar-refractivity contribution in [3.63, 3.8) is 0 Å². The van der Waals surface area contributed by atoms with Gasteiger partial charge < -0.3 is 10.8 Å². The summed E-state index contributed by atoms with van der Waals surface area (Å²) in [4.78, 5) is 10.4. The fourth-order valence-corrected chi connectivity index (χ4v) is 2.31. The van der Waals surface area contributed by atoms with Gasteiger partial charge in [0.15, 0.2) is 0 Å². The number of halogens is 2. The average Bonchev–Trinajstić information content (AvgIpc) is 2.20. The minimum Gasteiger partial charge on any atom is -0.480 e. The maximum Gasteiger partial charge on any atom is 0.321 e. The number of carboxylic acids is 1. The molecule has 3 N–H and O–H groups in total. The van der Waals surface area contributed by atoms with Crippen molar-refractivity contribution in [1.82, 2.24) is 0 Å². The highest BCUT2D eigenvalue weighted by Gasteiger charge is 2.11. The van der Waals surface area contributed by atoms with Crippen molar-refractivity contribution in [2.75, 3.05) is 5.75 Å². The Labute approximate surface area is 105 Å². The van der Waals surface area contributed by atoms with E-state index in [1.165, 1.54) is 17.8 Å². The highest BCUT2D eigenvalue weighted by molar-refractivity contribution is 9.10. The van der Waals surface area contributed by atoms with Crippen LogP contribution in [0.4, 0.5) is 4.39 Å². The zero-order valence-corrected chi connectivity index (χ0v) is 10.7. The molecule has 0 aromatic heterocycles. The van der Waals surface area contributed by atoms with Crippen LogP contribution in [0.5, 0.6) is 0 Å². The van der Waals surface area contributed by atoms with Crippen molar-refractivity contribution in [3.8, 4) is 0 Å². The molecule has 3 nitrogen and oxygen atoms in total. The Balaban J connectivity index is 2.46. The van der Waals surface area contributed by atoms with Crippen molar-refractivity contribution >= 4 is 33.7 Å². The molecule has 6 heteroatoms. The smallest absolute Gasteiger partial charge is 0.321 e. The summed E-state index contributed by atoms with van der Waals surface area (Å²) >= 11 is 4.46. The van der Waals surface area contributed by atoms with Gasteiger partial charge in [-0.1, -0.05) is 22.0 Å². The van der Waals surface area contributed by atoms with Crippen LogP contribution in [0.3, 0.4) is 0 Å². The standard InChI is InChI=1S/C10H11BrFNO2S/c11-7-2-1-6(8(12)3-7)4-16-5-9(13)10(14)15/h1-3,9H,4-5,13H2,(H,14,15)/t9-/m1/s1. The summed E-state index contributed by atoms with van der Waals surface area (Å²) in [5.41, 5.74) is 5.87. The Morgan fingerprint density at radius 1 is 1.62 bits per heavy atom. The molecule has 0 bridgehead atoms. The molecule has 16 heavy (non-hydrogen) atoms. The second kappa shape index (κ2) is 6.22. The number of thioether (sulfide) groups is 1. The van der Waals surface area contributed by atoms with Gasteiger partial charge in [-0.2, -0.15) is 11.8 Å². The van der Waals surface area contributed by atoms with E-state index in [-0.39, 0.29) is 11.6 Å². The predicted octanol–water partition coefficient (Wildman–Crippen LogP) is 2.23. The van der Waals surface area contributed by atoms with Gasteiger partial charge in [0.05, 0.1) is 0 Å². The first-order valence-corrected chi connectivity index (χ1v) is 6.45. The molecule has 0 aliphatic rings. The molecule has 0 spiro atoms. The Morgan fingerprint density at radius 3 is 2.88 bits per heavy atom. The lowest BCUT2D eigenvalue weighted by atomic mass is 10.2. The maximum atomic E-state index is 13.3. The highest BCUT2D eigenvalue weighted by atomic mass is 79.9. The van der Waals surface area contributed by atoms with Crippen LogP contribution in [0.1, 0.15) is 5.56 Å². The second-order valence-electron chi connectivity index (χ2n) is 3.20. The van der Waals surface area contributed by atoms with E-state index in [2.05, 4.69) is 15.9 Å². The molecule has 1 aromatic carbocycles. The van der Waals surface area contributed by atoms with E-state index >= 15 is 0 Å². The van der Waals surface area contributed by atoms with Crippen LogP contribution < -0.4 is 5.73 Å². The highest BCUT2D eigenvalue weighted by Crippen LogP contribution is 2.19. The molecule has 88 valence electrons. The summed E-state index contributed by atoms with van der Waals surface area (Å²) in [6.45, 7) is 0. The van der Waals surface area contributed by atoms with Gasteiger partial charge in [-0.3, -0.25) is 4.79 Å². The van der Waals surface area contributed by atoms with Crippen molar-refractivity contribution in [2.45, 2.75) is 11.8 Å². The number of rotatable bonds is 5. The van der Waals surface area contributed by atoms with Gasteiger partial charge in [0.1, 0.15) is 11.9 Å². The second-order valence-corrected chi connectivity index (χ2v) is 5.14. The maximum absolute atomic E-state index is 13.3. The van der Waals surface area contributed by atoms with E-state index in [1.54, 1.807) is 12.1 Å². The zero-order valence-electron chi connectivity index (χ0n) is 8.32. The first kappa shape index (κ1) is 13.5. The topological polar surface area (TPSA) is 63.3 Å². The molecule has 0 saturated carbocycles. The molecule has 0 aliphatic carbocycles. The average molecular weight is 308 g/mol. The van der Waals surface area contributed by atoms with Crippen molar-refractivity contribution < 1.29 is 14.3 Å². The summed E-state index contributed by atoms with van der Waals surface area (Å²) in [7, 11) is 0. The molecule has 0 fully saturated rings. The first-order valence-electron chi connectivity index (χ1n) is 4.50. The Morgan fingerprint density at radius 2 is 2.31 bits per heavy atom. The molecular formula is C10H11BrFNO2S. The van der Waals surface area contributed by atoms with Crippen LogP contribution in [-0.4, -0.2) is 22.9 Å². The fraction of sp³-hybridized carbons (Fsp3) is 0.300. The van der Waals surface area contributed by atoms with Crippen LogP contribution in [0.25, 0.3) is 0 Å². The Bertz CT molecular complexity index is 389. The molecule has 1 rings (SSSR count). The van der Waals surface area contributed by atoms with Gasteiger partial charge >= 0.3 is 5.97 Å². The molecule has 0 radical (unpaired) electrons. The lowest BCUT2D eigenvalue weighted by Crippen LogP contribution is -2.32. The van der Waals surface area contributed by atoms with E-state index in [9.17, 15) is 9.18 Å². The van der Waals surface area contributed by atoms with Gasteiger partial charge in [0, 0.05) is 16.0 Å². The quantitative estimate of drug-likeness (QED) is 0.875. The Hall–Kier alpha value is -0.590. The molecule has 1 aromatic rings. The molecule has 0 amide bonds. The normalized spacial score (nSPS) is 12.4. The van der Waals surface area contributed by atoms with Crippen molar-refractivity contribution in [2.24, 2.45) is 5.73 Å². The van der Waals surface area contributed by atoms with Crippen LogP contribution >= 0.6 is 27.7 Å². The monoisotopic (exact) mass is 307 g/mol. The third-order valence-electron chi connectivity index (χ3n) is 1.89. The molecule has 0 saturated heterocycles. The van der Waals surface area contributed by atoms with Crippen LogP contribution in [0.2, 0.25) is 0 Å². The number of benzene rings is 1. The number of carboxylic acid groups (broad SMARTS) is 1. The van der Waals surface area contributed by atoms with Crippen LogP contribution in [0.15, 0.2) is 22.7 Å². The van der Waals surface area contributed by atoms with E-state index in [0.29, 0.717) is 15.8 Å². The minimum atomic E-state index is -1.04. The predicted molar refractivity (Wildman–Crippen MR) is 65.9 cm³/mol. The van der Waals surface area contributed by atoms with Gasteiger partial charge in [-0.05, 0) is 17.7 Å². The third kappa shape index (κ3) is 4.11. The SMILES string of the molecule is N[C@H](CSCc1ccc(Br)cc1F)C(=O)O. The minimum absolute atomic E-state index is 0.269. The molecule has 0 unspecified atom stereocenters. The van der Waals surface area contributed by atoms with E-state index < -0.39 is 12.0 Å². The largest absolute Gasteiger partial charge is 0.480 e. The lowest BCUT2D eigenvalue weighted by molar-refractivity contribution is -0.137.